The molecule has 2 aromatic rings. The van der Waals surface area contributed by atoms with E-state index in [2.05, 4.69) is 54.4 Å². The van der Waals surface area contributed by atoms with Crippen LogP contribution in [0.25, 0.3) is 11.1 Å². The van der Waals surface area contributed by atoms with Crippen molar-refractivity contribution in [2.75, 3.05) is 0 Å². The van der Waals surface area contributed by atoms with Gasteiger partial charge in [0.1, 0.15) is 0 Å². The van der Waals surface area contributed by atoms with Gasteiger partial charge in [-0.15, -0.1) is 0 Å². The molecule has 3 heteroatoms. The van der Waals surface area contributed by atoms with Crippen molar-refractivity contribution in [1.29, 1.82) is 0 Å². The molecule has 0 unspecified atom stereocenters. The van der Waals surface area contributed by atoms with Gasteiger partial charge in [-0.2, -0.15) is 0 Å². The van der Waals surface area contributed by atoms with Crippen molar-refractivity contribution in [1.82, 2.24) is 5.43 Å². The van der Waals surface area contributed by atoms with Crippen molar-refractivity contribution >= 4 is 6.41 Å². The molecule has 0 spiro atoms. The van der Waals surface area contributed by atoms with Gasteiger partial charge in [0.15, 0.2) is 0 Å². The van der Waals surface area contributed by atoms with E-state index in [-0.39, 0.29) is 0 Å². The third-order valence-electron chi connectivity index (χ3n) is 1.95. The van der Waals surface area contributed by atoms with Crippen molar-refractivity contribution < 1.29 is 4.79 Å². The normalized spacial score (nSPS) is 8.56. The van der Waals surface area contributed by atoms with Gasteiger partial charge in [0, 0.05) is 0 Å². The number of hydrogen-bond acceptors (Lipinski definition) is 2. The molecule has 3 nitrogen and oxygen atoms in total. The van der Waals surface area contributed by atoms with Gasteiger partial charge in [-0.1, -0.05) is 60.7 Å². The van der Waals surface area contributed by atoms with Crippen LogP contribution in [0.2, 0.25) is 0 Å². The molecule has 0 aromatic heterocycles. The molecule has 0 aliphatic heterocycles. The number of nitrogens with one attached hydrogen (secondary N) is 1. The summed E-state index contributed by atoms with van der Waals surface area (Å²) in [6.45, 7) is 0. The number of hydrazine groups is 1. The number of benzene rings is 2. The quantitative estimate of drug-likeness (QED) is 0.347. The highest BCUT2D eigenvalue weighted by molar-refractivity contribution is 5.62. The van der Waals surface area contributed by atoms with Crippen molar-refractivity contribution in [3.8, 4) is 11.1 Å². The number of carbonyl (C=O) groups is 1. The van der Waals surface area contributed by atoms with E-state index < -0.39 is 0 Å². The van der Waals surface area contributed by atoms with Crippen LogP contribution in [0.3, 0.4) is 0 Å². The van der Waals surface area contributed by atoms with Crippen LogP contribution in [-0.4, -0.2) is 6.41 Å². The Kier molecular flexibility index (Phi) is 5.37. The molecule has 2 rings (SSSR count). The number of carbonyl (C=O) groups excluding carboxylic acids is 1. The van der Waals surface area contributed by atoms with E-state index in [1.165, 1.54) is 11.1 Å². The Morgan fingerprint density at radius 1 is 0.812 bits per heavy atom. The minimum absolute atomic E-state index is 0.403. The fourth-order valence-electron chi connectivity index (χ4n) is 1.26. The molecule has 0 saturated carbocycles. The van der Waals surface area contributed by atoms with E-state index in [4.69, 9.17) is 4.79 Å². The monoisotopic (exact) mass is 214 g/mol. The molecule has 0 aliphatic rings. The molecule has 0 bridgehead atoms. The molecule has 0 aliphatic carbocycles. The first-order valence-electron chi connectivity index (χ1n) is 4.88. The maximum atomic E-state index is 8.94. The van der Waals surface area contributed by atoms with E-state index in [1.54, 1.807) is 5.43 Å². The van der Waals surface area contributed by atoms with Crippen LogP contribution in [0.4, 0.5) is 0 Å². The average Bonchev–Trinajstić information content (AvgIpc) is 2.41. The van der Waals surface area contributed by atoms with Gasteiger partial charge < -0.3 is 0 Å². The van der Waals surface area contributed by atoms with Crippen LogP contribution in [0.5, 0.6) is 0 Å². The summed E-state index contributed by atoms with van der Waals surface area (Å²) in [4.78, 5) is 8.94. The summed E-state index contributed by atoms with van der Waals surface area (Å²) in [6.07, 6.45) is 0.403. The Hall–Kier alpha value is -2.13. The summed E-state index contributed by atoms with van der Waals surface area (Å²) in [5, 5.41) is 0. The summed E-state index contributed by atoms with van der Waals surface area (Å²) in [5.74, 6) is 4.41. The minimum Gasteiger partial charge on any atom is -0.297 e. The predicted molar refractivity (Wildman–Crippen MR) is 65.3 cm³/mol. The van der Waals surface area contributed by atoms with Gasteiger partial charge in [-0.25, -0.2) is 5.84 Å². The predicted octanol–water partition coefficient (Wildman–Crippen LogP) is 1.96. The minimum atomic E-state index is 0.403. The van der Waals surface area contributed by atoms with Gasteiger partial charge in [0.25, 0.3) is 0 Å². The van der Waals surface area contributed by atoms with E-state index >= 15 is 0 Å². The van der Waals surface area contributed by atoms with Gasteiger partial charge in [-0.05, 0) is 11.1 Å². The van der Waals surface area contributed by atoms with Crippen LogP contribution in [-0.2, 0) is 4.79 Å². The van der Waals surface area contributed by atoms with Crippen molar-refractivity contribution in [2.45, 2.75) is 0 Å². The topological polar surface area (TPSA) is 55.1 Å². The summed E-state index contributed by atoms with van der Waals surface area (Å²) >= 11 is 0. The van der Waals surface area contributed by atoms with Crippen LogP contribution >= 0.6 is 0 Å². The highest BCUT2D eigenvalue weighted by Crippen LogP contribution is 2.17. The number of nitrogens with two attached hydrogens (primary N) is 1. The SMILES string of the molecule is NNC=O.c1ccc(-c2ccccc2)cc1. The summed E-state index contributed by atoms with van der Waals surface area (Å²) in [5.41, 5.74) is 4.30. The van der Waals surface area contributed by atoms with E-state index in [0.717, 1.165) is 0 Å². The second-order valence-electron chi connectivity index (χ2n) is 3.02. The van der Waals surface area contributed by atoms with Gasteiger partial charge in [-0.3, -0.25) is 10.2 Å². The first kappa shape index (κ1) is 11.9. The lowest BCUT2D eigenvalue weighted by molar-refractivity contribution is -0.109. The molecule has 0 fully saturated rings. The third kappa shape index (κ3) is 3.94. The molecule has 2 aromatic carbocycles. The number of rotatable bonds is 2. The fraction of sp³-hybridized carbons (Fsp3) is 0. The average molecular weight is 214 g/mol. The molecule has 3 N–H and O–H groups in total. The van der Waals surface area contributed by atoms with Crippen LogP contribution in [0, 0.1) is 0 Å². The third-order valence-corrected chi connectivity index (χ3v) is 1.95. The zero-order valence-corrected chi connectivity index (χ0v) is 8.84. The number of hydrogen-bond donors (Lipinski definition) is 2. The van der Waals surface area contributed by atoms with Crippen molar-refractivity contribution in [3.05, 3.63) is 60.7 Å². The Labute approximate surface area is 94.9 Å². The highest BCUT2D eigenvalue weighted by Gasteiger charge is 1.91. The lowest BCUT2D eigenvalue weighted by Crippen LogP contribution is -2.18. The maximum absolute atomic E-state index is 8.94. The molecule has 1 amide bonds. The van der Waals surface area contributed by atoms with E-state index in [1.807, 2.05) is 12.1 Å². The Morgan fingerprint density at radius 3 is 1.38 bits per heavy atom. The first-order valence-corrected chi connectivity index (χ1v) is 4.88. The summed E-state index contributed by atoms with van der Waals surface area (Å²) < 4.78 is 0. The number of amides is 1. The molecular weight excluding hydrogens is 200 g/mol. The Balaban J connectivity index is 0.000000280. The van der Waals surface area contributed by atoms with E-state index in [9.17, 15) is 0 Å². The summed E-state index contributed by atoms with van der Waals surface area (Å²) in [6, 6.07) is 20.8. The first-order chi connectivity index (χ1) is 7.88. The second-order valence-corrected chi connectivity index (χ2v) is 3.02. The zero-order valence-electron chi connectivity index (χ0n) is 8.84. The maximum Gasteiger partial charge on any atom is 0.221 e. The molecule has 16 heavy (non-hydrogen) atoms. The molecule has 0 atom stereocenters. The largest absolute Gasteiger partial charge is 0.297 e. The van der Waals surface area contributed by atoms with Gasteiger partial charge in [0.05, 0.1) is 0 Å². The second kappa shape index (κ2) is 7.20. The Morgan fingerprint density at radius 2 is 1.12 bits per heavy atom. The van der Waals surface area contributed by atoms with Gasteiger partial charge >= 0.3 is 0 Å². The molecule has 0 radical (unpaired) electrons. The van der Waals surface area contributed by atoms with Crippen molar-refractivity contribution in [2.24, 2.45) is 5.84 Å². The molecule has 0 heterocycles. The smallest absolute Gasteiger partial charge is 0.221 e. The van der Waals surface area contributed by atoms with Crippen LogP contribution in [0.15, 0.2) is 60.7 Å². The molecular formula is C13H14N2O. The zero-order chi connectivity index (χ0) is 11.6. The highest BCUT2D eigenvalue weighted by atomic mass is 16.1. The van der Waals surface area contributed by atoms with Gasteiger partial charge in [0.2, 0.25) is 6.41 Å². The summed E-state index contributed by atoms with van der Waals surface area (Å²) in [7, 11) is 0. The standard InChI is InChI=1S/C12H10.CH4N2O/c1-3-7-11(8-4-1)12-9-5-2-6-10-12;2-3-1-4/h1-10H;1H,2H2,(H,3,4). The van der Waals surface area contributed by atoms with Crippen LogP contribution in [0.1, 0.15) is 0 Å². The van der Waals surface area contributed by atoms with Crippen LogP contribution < -0.4 is 11.3 Å². The molecule has 82 valence electrons. The fourth-order valence-corrected chi connectivity index (χ4v) is 1.26. The van der Waals surface area contributed by atoms with E-state index in [0.29, 0.717) is 6.41 Å². The lowest BCUT2D eigenvalue weighted by atomic mass is 10.1. The Bertz CT molecular complexity index is 363. The lowest BCUT2D eigenvalue weighted by Gasteiger charge is -1.98. The van der Waals surface area contributed by atoms with Crippen molar-refractivity contribution in [3.63, 3.8) is 0 Å². The molecule has 0 saturated heterocycles.